The van der Waals surface area contributed by atoms with Gasteiger partial charge in [-0.1, -0.05) is 12.1 Å². The first-order valence-electron chi connectivity index (χ1n) is 7.23. The molecule has 0 aromatic heterocycles. The maximum Gasteiger partial charge on any atom is 0.415 e. The maximum absolute atomic E-state index is 12.3. The average molecular weight is 303 g/mol. The first kappa shape index (κ1) is 16.1. The van der Waals surface area contributed by atoms with E-state index in [0.717, 1.165) is 5.56 Å². The summed E-state index contributed by atoms with van der Waals surface area (Å²) < 4.78 is 11.1. The van der Waals surface area contributed by atoms with Crippen molar-refractivity contribution in [1.82, 2.24) is 0 Å². The lowest BCUT2D eigenvalue weighted by Crippen LogP contribution is -2.41. The molecule has 5 heteroatoms. The fraction of sp³-hybridized carbons (Fsp3) is 0.412. The lowest BCUT2D eigenvalue weighted by Gasteiger charge is -2.32. The van der Waals surface area contributed by atoms with Crippen LogP contribution in [0.2, 0.25) is 0 Å². The number of fused-ring (bicyclic) bond motifs is 1. The quantitative estimate of drug-likeness (QED) is 0.786. The monoisotopic (exact) mass is 303 g/mol. The van der Waals surface area contributed by atoms with Gasteiger partial charge in [0.1, 0.15) is 18.0 Å². The number of carbonyl (C=O) groups is 2. The van der Waals surface area contributed by atoms with E-state index in [-0.39, 0.29) is 5.78 Å². The zero-order valence-corrected chi connectivity index (χ0v) is 13.4. The average Bonchev–Trinajstić information content (AvgIpc) is 2.42. The summed E-state index contributed by atoms with van der Waals surface area (Å²) in [5.74, 6) is 0.550. The van der Waals surface area contributed by atoms with E-state index in [4.69, 9.17) is 9.47 Å². The van der Waals surface area contributed by atoms with Crippen LogP contribution in [0.15, 0.2) is 24.3 Å². The van der Waals surface area contributed by atoms with Crippen molar-refractivity contribution in [2.75, 3.05) is 18.1 Å². The minimum absolute atomic E-state index is 0.0441. The Morgan fingerprint density at radius 1 is 1.32 bits per heavy atom. The number of hydrogen-bond donors (Lipinski definition) is 0. The van der Waals surface area contributed by atoms with Gasteiger partial charge in [0.25, 0.3) is 0 Å². The molecule has 0 unspecified atom stereocenters. The Balaban J connectivity index is 2.33. The van der Waals surface area contributed by atoms with Gasteiger partial charge in [0, 0.05) is 5.56 Å². The molecule has 22 heavy (non-hydrogen) atoms. The van der Waals surface area contributed by atoms with E-state index in [9.17, 15) is 9.59 Å². The largest absolute Gasteiger partial charge is 0.489 e. The number of benzene rings is 1. The fourth-order valence-corrected chi connectivity index (χ4v) is 2.12. The SMILES string of the molecule is CC(=O)/C=C/c1cccc2c1OCCN2C(=O)OC(C)(C)C. The molecule has 2 rings (SSSR count). The van der Waals surface area contributed by atoms with Crippen LogP contribution in [-0.4, -0.2) is 30.6 Å². The molecule has 1 aromatic carbocycles. The molecular formula is C17H21NO4. The van der Waals surface area contributed by atoms with Crippen LogP contribution in [0.4, 0.5) is 10.5 Å². The Bertz CT molecular complexity index is 614. The highest BCUT2D eigenvalue weighted by Gasteiger charge is 2.28. The molecule has 0 bridgehead atoms. The predicted octanol–water partition coefficient (Wildman–Crippen LogP) is 3.42. The highest BCUT2D eigenvalue weighted by Crippen LogP contribution is 2.36. The Morgan fingerprint density at radius 3 is 2.68 bits per heavy atom. The van der Waals surface area contributed by atoms with Crippen molar-refractivity contribution in [3.05, 3.63) is 29.8 Å². The summed E-state index contributed by atoms with van der Waals surface area (Å²) in [6.45, 7) is 7.80. The van der Waals surface area contributed by atoms with Gasteiger partial charge in [-0.3, -0.25) is 9.69 Å². The second kappa shape index (κ2) is 6.22. The summed E-state index contributed by atoms with van der Waals surface area (Å²) in [7, 11) is 0. The summed E-state index contributed by atoms with van der Waals surface area (Å²) in [6.07, 6.45) is 2.77. The van der Waals surface area contributed by atoms with E-state index in [1.807, 2.05) is 39.0 Å². The molecule has 1 aliphatic rings. The zero-order chi connectivity index (χ0) is 16.3. The van der Waals surface area contributed by atoms with Gasteiger partial charge in [-0.15, -0.1) is 0 Å². The highest BCUT2D eigenvalue weighted by atomic mass is 16.6. The number of ketones is 1. The number of amides is 1. The van der Waals surface area contributed by atoms with Crippen LogP contribution in [-0.2, 0) is 9.53 Å². The van der Waals surface area contributed by atoms with Gasteiger partial charge in [0.15, 0.2) is 5.78 Å². The van der Waals surface area contributed by atoms with E-state index < -0.39 is 11.7 Å². The third-order valence-corrected chi connectivity index (χ3v) is 2.99. The van der Waals surface area contributed by atoms with E-state index in [1.165, 1.54) is 13.0 Å². The highest BCUT2D eigenvalue weighted by molar-refractivity contribution is 5.94. The lowest BCUT2D eigenvalue weighted by atomic mass is 10.1. The molecule has 0 saturated carbocycles. The summed E-state index contributed by atoms with van der Waals surface area (Å²) in [6, 6.07) is 5.48. The van der Waals surface area contributed by atoms with Gasteiger partial charge in [-0.25, -0.2) is 4.79 Å². The van der Waals surface area contributed by atoms with Crippen molar-refractivity contribution in [1.29, 1.82) is 0 Å². The van der Waals surface area contributed by atoms with Gasteiger partial charge < -0.3 is 9.47 Å². The van der Waals surface area contributed by atoms with Gasteiger partial charge in [0.05, 0.1) is 12.2 Å². The van der Waals surface area contributed by atoms with Crippen molar-refractivity contribution in [2.45, 2.75) is 33.3 Å². The molecule has 0 aliphatic carbocycles. The van der Waals surface area contributed by atoms with E-state index in [0.29, 0.717) is 24.6 Å². The number of anilines is 1. The number of carbonyl (C=O) groups excluding carboxylic acids is 2. The van der Waals surface area contributed by atoms with E-state index >= 15 is 0 Å². The van der Waals surface area contributed by atoms with Crippen molar-refractivity contribution >= 4 is 23.6 Å². The topological polar surface area (TPSA) is 55.8 Å². The standard InChI is InChI=1S/C17H21NO4/c1-12(19)8-9-13-6-5-7-14-15(13)21-11-10-18(14)16(20)22-17(2,3)4/h5-9H,10-11H2,1-4H3/b9-8+. The lowest BCUT2D eigenvalue weighted by molar-refractivity contribution is -0.112. The van der Waals surface area contributed by atoms with Gasteiger partial charge in [-0.2, -0.15) is 0 Å². The summed E-state index contributed by atoms with van der Waals surface area (Å²) in [5, 5.41) is 0. The van der Waals surface area contributed by atoms with Crippen LogP contribution >= 0.6 is 0 Å². The fourth-order valence-electron chi connectivity index (χ4n) is 2.12. The predicted molar refractivity (Wildman–Crippen MR) is 85.2 cm³/mol. The van der Waals surface area contributed by atoms with Crippen molar-refractivity contribution in [3.63, 3.8) is 0 Å². The molecule has 1 amide bonds. The van der Waals surface area contributed by atoms with Crippen molar-refractivity contribution < 1.29 is 19.1 Å². The molecule has 1 heterocycles. The van der Waals surface area contributed by atoms with Crippen LogP contribution in [0.25, 0.3) is 6.08 Å². The minimum atomic E-state index is -0.554. The molecular weight excluding hydrogens is 282 g/mol. The Kier molecular flexibility index (Phi) is 4.54. The number of rotatable bonds is 2. The van der Waals surface area contributed by atoms with Crippen LogP contribution in [0.3, 0.4) is 0 Å². The molecule has 0 saturated heterocycles. The molecule has 0 spiro atoms. The van der Waals surface area contributed by atoms with Crippen molar-refractivity contribution in [2.24, 2.45) is 0 Å². The molecule has 1 aromatic rings. The molecule has 0 radical (unpaired) electrons. The Hall–Kier alpha value is -2.30. The maximum atomic E-state index is 12.3. The first-order valence-corrected chi connectivity index (χ1v) is 7.23. The van der Waals surface area contributed by atoms with Gasteiger partial charge >= 0.3 is 6.09 Å². The second-order valence-corrected chi connectivity index (χ2v) is 6.12. The van der Waals surface area contributed by atoms with Crippen LogP contribution < -0.4 is 9.64 Å². The number of allylic oxidation sites excluding steroid dienone is 1. The number of hydrogen-bond acceptors (Lipinski definition) is 4. The minimum Gasteiger partial charge on any atom is -0.489 e. The zero-order valence-electron chi connectivity index (χ0n) is 13.4. The number of nitrogens with zero attached hydrogens (tertiary/aromatic N) is 1. The normalized spacial score (nSPS) is 14.5. The Morgan fingerprint density at radius 2 is 2.05 bits per heavy atom. The molecule has 0 N–H and O–H groups in total. The van der Waals surface area contributed by atoms with Crippen LogP contribution in [0.5, 0.6) is 5.75 Å². The smallest absolute Gasteiger partial charge is 0.415 e. The molecule has 0 atom stereocenters. The summed E-state index contributed by atoms with van der Waals surface area (Å²) >= 11 is 0. The summed E-state index contributed by atoms with van der Waals surface area (Å²) in [4.78, 5) is 25.0. The van der Waals surface area contributed by atoms with Crippen molar-refractivity contribution in [3.8, 4) is 5.75 Å². The molecule has 1 aliphatic heterocycles. The Labute approximate surface area is 130 Å². The second-order valence-electron chi connectivity index (χ2n) is 6.12. The van der Waals surface area contributed by atoms with Gasteiger partial charge in [0.2, 0.25) is 0 Å². The molecule has 118 valence electrons. The van der Waals surface area contributed by atoms with E-state index in [1.54, 1.807) is 11.0 Å². The van der Waals surface area contributed by atoms with Crippen LogP contribution in [0.1, 0.15) is 33.3 Å². The molecule has 0 fully saturated rings. The van der Waals surface area contributed by atoms with E-state index in [2.05, 4.69) is 0 Å². The molecule has 5 nitrogen and oxygen atoms in total. The first-order chi connectivity index (χ1) is 10.3. The summed E-state index contributed by atoms with van der Waals surface area (Å²) in [5.41, 5.74) is 0.869. The third-order valence-electron chi connectivity index (χ3n) is 2.99. The van der Waals surface area contributed by atoms with Crippen LogP contribution in [0, 0.1) is 0 Å². The number of ether oxygens (including phenoxy) is 2. The number of para-hydroxylation sites is 1. The third kappa shape index (κ3) is 3.87. The van der Waals surface area contributed by atoms with Gasteiger partial charge in [-0.05, 0) is 45.9 Å².